The number of carbonyl (C=O) groups is 1. The van der Waals surface area contributed by atoms with Gasteiger partial charge in [0.15, 0.2) is 0 Å². The van der Waals surface area contributed by atoms with Crippen LogP contribution < -0.4 is 83.6 Å². The minimum atomic E-state index is -1.30. The average Bonchev–Trinajstić information content (AvgIpc) is 2.86. The average molecular weight is 611 g/mol. The number of carboxylic acid groups (broad SMARTS) is 1. The van der Waals surface area contributed by atoms with E-state index < -0.39 is 5.97 Å². The van der Waals surface area contributed by atoms with Gasteiger partial charge >= 0.3 is 68.9 Å². The van der Waals surface area contributed by atoms with Crippen LogP contribution >= 0.6 is 0 Å². The Balaban J connectivity index is 0.00000456. The Hall–Kier alpha value is -1.34. The molecule has 0 spiro atoms. The summed E-state index contributed by atoms with van der Waals surface area (Å²) < 4.78 is 21.4. The molecular formula is C28H32CsNO6. The number of ether oxygens (including phenoxy) is 4. The molecule has 0 saturated carbocycles. The molecule has 0 bridgehead atoms. The summed E-state index contributed by atoms with van der Waals surface area (Å²) in [6.45, 7) is 6.49. The van der Waals surface area contributed by atoms with Gasteiger partial charge in [-0.1, -0.05) is 35.4 Å². The zero-order valence-electron chi connectivity index (χ0n) is 21.5. The maximum absolute atomic E-state index is 12.0. The molecule has 186 valence electrons. The molecule has 0 aromatic heterocycles. The third kappa shape index (κ3) is 9.51. The van der Waals surface area contributed by atoms with Crippen LogP contribution in [0.2, 0.25) is 0 Å². The van der Waals surface area contributed by atoms with Crippen molar-refractivity contribution >= 4 is 23.0 Å². The Bertz CT molecular complexity index is 1030. The van der Waals surface area contributed by atoms with E-state index >= 15 is 0 Å². The first-order chi connectivity index (χ1) is 17.0. The van der Waals surface area contributed by atoms with Crippen molar-refractivity contribution in [2.75, 3.05) is 51.7 Å². The maximum atomic E-state index is 12.0. The first-order valence-electron chi connectivity index (χ1n) is 11.6. The summed E-state index contributed by atoms with van der Waals surface area (Å²) in [6.07, 6.45) is 0. The van der Waals surface area contributed by atoms with Crippen LogP contribution in [0.3, 0.4) is 0 Å². The summed E-state index contributed by atoms with van der Waals surface area (Å²) in [5.41, 5.74) is 4.78. The van der Waals surface area contributed by atoms with Crippen molar-refractivity contribution in [3.63, 3.8) is 0 Å². The largest absolute Gasteiger partial charge is 1.00 e. The number of rotatable bonds is 14. The summed E-state index contributed by atoms with van der Waals surface area (Å²) >= 11 is 0. The van der Waals surface area contributed by atoms with Crippen molar-refractivity contribution in [2.24, 2.45) is 0 Å². The number of hydrogen-bond donors (Lipinski definition) is 0. The van der Waals surface area contributed by atoms with Crippen LogP contribution in [0.5, 0.6) is 5.75 Å². The van der Waals surface area contributed by atoms with Gasteiger partial charge in [0.25, 0.3) is 0 Å². The Morgan fingerprint density at radius 2 is 1.19 bits per heavy atom. The van der Waals surface area contributed by atoms with Crippen molar-refractivity contribution < 1.29 is 97.7 Å². The van der Waals surface area contributed by atoms with Crippen LogP contribution in [0.15, 0.2) is 66.7 Å². The van der Waals surface area contributed by atoms with Gasteiger partial charge in [0, 0.05) is 29.7 Å². The number of aryl methyl sites for hydroxylation is 2. The number of carbonyl (C=O) groups excluding carboxylic acids is 1. The van der Waals surface area contributed by atoms with E-state index in [1.807, 2.05) is 73.3 Å². The van der Waals surface area contributed by atoms with Gasteiger partial charge < -0.3 is 33.7 Å². The monoisotopic (exact) mass is 611 g/mol. The number of hydrogen-bond acceptors (Lipinski definition) is 7. The minimum Gasteiger partial charge on any atom is -0.545 e. The SMILES string of the molecule is COCCOCCOCCOc1ccc(N(c2ccc(C)cc2)c2ccc(C)cc2)cc1C(=O)[O-].[Cs+]. The van der Waals surface area contributed by atoms with Crippen molar-refractivity contribution in [3.05, 3.63) is 83.4 Å². The van der Waals surface area contributed by atoms with E-state index in [2.05, 4.69) is 0 Å². The van der Waals surface area contributed by atoms with E-state index in [-0.39, 0.29) is 86.8 Å². The van der Waals surface area contributed by atoms with E-state index in [1.54, 1.807) is 19.2 Å². The van der Waals surface area contributed by atoms with Gasteiger partial charge in [0.2, 0.25) is 0 Å². The third-order valence-electron chi connectivity index (χ3n) is 5.31. The Labute approximate surface area is 272 Å². The summed E-state index contributed by atoms with van der Waals surface area (Å²) in [7, 11) is 1.62. The second-order valence-corrected chi connectivity index (χ2v) is 8.04. The zero-order valence-corrected chi connectivity index (χ0v) is 27.8. The molecule has 0 unspecified atom stereocenters. The molecule has 8 heteroatoms. The number of nitrogens with zero attached hydrogens (tertiary/aromatic N) is 1. The fraction of sp³-hybridized carbons (Fsp3) is 0.321. The standard InChI is InChI=1S/C28H33NO6.Cs/c1-21-4-8-23(9-5-21)29(24-10-6-22(2)7-11-24)25-12-13-27(26(20-25)28(30)31)35-19-18-34-17-16-33-15-14-32-3;/h4-13,20H,14-19H2,1-3H3,(H,30,31);/q;+1/p-1. The van der Waals surface area contributed by atoms with Crippen LogP contribution in [-0.4, -0.2) is 52.7 Å². The molecule has 0 saturated heterocycles. The molecule has 3 rings (SSSR count). The third-order valence-corrected chi connectivity index (χ3v) is 5.31. The fourth-order valence-electron chi connectivity index (χ4n) is 3.45. The van der Waals surface area contributed by atoms with E-state index in [9.17, 15) is 9.90 Å². The van der Waals surface area contributed by atoms with Crippen molar-refractivity contribution in [3.8, 4) is 5.75 Å². The molecule has 3 aromatic rings. The molecule has 0 aliphatic heterocycles. The van der Waals surface area contributed by atoms with Crippen molar-refractivity contribution in [2.45, 2.75) is 13.8 Å². The van der Waals surface area contributed by atoms with E-state index in [4.69, 9.17) is 18.9 Å². The van der Waals surface area contributed by atoms with Crippen LogP contribution in [0, 0.1) is 13.8 Å². The number of anilines is 3. The van der Waals surface area contributed by atoms with Gasteiger partial charge in [-0.15, -0.1) is 0 Å². The minimum absolute atomic E-state index is 0. The zero-order chi connectivity index (χ0) is 25.0. The van der Waals surface area contributed by atoms with E-state index in [0.29, 0.717) is 38.7 Å². The summed E-state index contributed by atoms with van der Waals surface area (Å²) in [6, 6.07) is 21.2. The summed E-state index contributed by atoms with van der Waals surface area (Å²) in [5, 5.41) is 12.0. The van der Waals surface area contributed by atoms with Crippen LogP contribution in [0.4, 0.5) is 17.1 Å². The Morgan fingerprint density at radius 3 is 1.69 bits per heavy atom. The fourth-order valence-corrected chi connectivity index (χ4v) is 3.45. The van der Waals surface area contributed by atoms with Crippen LogP contribution in [0.25, 0.3) is 0 Å². The Kier molecular flexibility index (Phi) is 14.1. The topological polar surface area (TPSA) is 80.3 Å². The molecular weight excluding hydrogens is 579 g/mol. The molecule has 3 aromatic carbocycles. The number of aromatic carboxylic acids is 1. The molecule has 0 heterocycles. The van der Waals surface area contributed by atoms with Gasteiger partial charge in [0.05, 0.1) is 39.0 Å². The first-order valence-corrected chi connectivity index (χ1v) is 11.6. The normalized spacial score (nSPS) is 10.5. The molecule has 0 fully saturated rings. The quantitative estimate of drug-likeness (QED) is 0.254. The van der Waals surface area contributed by atoms with Gasteiger partial charge in [0.1, 0.15) is 12.4 Å². The summed E-state index contributed by atoms with van der Waals surface area (Å²) in [4.78, 5) is 14.0. The van der Waals surface area contributed by atoms with Crippen LogP contribution in [0.1, 0.15) is 21.5 Å². The molecule has 0 N–H and O–H groups in total. The summed E-state index contributed by atoms with van der Waals surface area (Å²) in [5.74, 6) is -1.07. The molecule has 36 heavy (non-hydrogen) atoms. The van der Waals surface area contributed by atoms with Crippen LogP contribution in [-0.2, 0) is 14.2 Å². The molecule has 0 aliphatic rings. The number of methoxy groups -OCH3 is 1. The molecule has 0 atom stereocenters. The van der Waals surface area contributed by atoms with Gasteiger partial charge in [-0.05, 0) is 56.3 Å². The smallest absolute Gasteiger partial charge is 0.545 e. The second kappa shape index (κ2) is 16.5. The second-order valence-electron chi connectivity index (χ2n) is 8.04. The van der Waals surface area contributed by atoms with E-state index in [1.165, 1.54) is 0 Å². The number of benzene rings is 3. The first kappa shape index (κ1) is 30.9. The molecule has 0 aliphatic carbocycles. The molecule has 0 radical (unpaired) electrons. The van der Waals surface area contributed by atoms with E-state index in [0.717, 1.165) is 22.5 Å². The van der Waals surface area contributed by atoms with Crippen molar-refractivity contribution in [1.82, 2.24) is 0 Å². The van der Waals surface area contributed by atoms with Gasteiger partial charge in [-0.25, -0.2) is 0 Å². The molecule has 7 nitrogen and oxygen atoms in total. The van der Waals surface area contributed by atoms with Crippen molar-refractivity contribution in [1.29, 1.82) is 0 Å². The Morgan fingerprint density at radius 1 is 0.722 bits per heavy atom. The van der Waals surface area contributed by atoms with Gasteiger partial charge in [-0.3, -0.25) is 0 Å². The van der Waals surface area contributed by atoms with Gasteiger partial charge in [-0.2, -0.15) is 0 Å². The maximum Gasteiger partial charge on any atom is 1.00 e. The predicted molar refractivity (Wildman–Crippen MR) is 134 cm³/mol. The number of carboxylic acids is 1. The molecule has 0 amide bonds. The predicted octanol–water partition coefficient (Wildman–Crippen LogP) is 1.20.